The monoisotopic (exact) mass is 523 g/mol. The van der Waals surface area contributed by atoms with Gasteiger partial charge in [-0.2, -0.15) is 0 Å². The average Bonchev–Trinajstić information content (AvgIpc) is 3.64. The van der Waals surface area contributed by atoms with Crippen molar-refractivity contribution in [3.8, 4) is 17.0 Å². The van der Waals surface area contributed by atoms with Crippen LogP contribution >= 0.6 is 0 Å². The van der Waals surface area contributed by atoms with Crippen molar-refractivity contribution >= 4 is 22.8 Å². The number of halogens is 1. The summed E-state index contributed by atoms with van der Waals surface area (Å²) >= 11 is 0. The van der Waals surface area contributed by atoms with Crippen LogP contribution in [0.1, 0.15) is 60.6 Å². The number of hydrogen-bond acceptors (Lipinski definition) is 6. The number of amides is 2. The third-order valence-electron chi connectivity index (χ3n) is 7.38. The normalized spacial score (nSPS) is 22.2. The number of carbonyl (C=O) groups is 2. The highest BCUT2D eigenvalue weighted by Crippen LogP contribution is 2.37. The van der Waals surface area contributed by atoms with Crippen molar-refractivity contribution in [2.24, 2.45) is 5.92 Å². The summed E-state index contributed by atoms with van der Waals surface area (Å²) < 4.78 is 21.1. The number of aliphatic hydroxyl groups is 1. The van der Waals surface area contributed by atoms with E-state index in [1.165, 1.54) is 26.1 Å². The topological polar surface area (TPSA) is 129 Å². The van der Waals surface area contributed by atoms with Crippen LogP contribution in [0.25, 0.3) is 22.3 Å². The van der Waals surface area contributed by atoms with Gasteiger partial charge in [0.15, 0.2) is 0 Å². The lowest BCUT2D eigenvalue weighted by Crippen LogP contribution is -2.51. The molecule has 1 aromatic carbocycles. The molecule has 0 spiro atoms. The molecule has 9 nitrogen and oxygen atoms in total. The van der Waals surface area contributed by atoms with E-state index in [1.54, 1.807) is 6.92 Å². The summed E-state index contributed by atoms with van der Waals surface area (Å²) in [5.74, 6) is 0.401. The number of rotatable bonds is 8. The summed E-state index contributed by atoms with van der Waals surface area (Å²) in [6.45, 7) is 5.82. The number of benzene rings is 1. The first-order valence-electron chi connectivity index (χ1n) is 13.2. The van der Waals surface area contributed by atoms with Crippen LogP contribution in [0, 0.1) is 19.8 Å². The van der Waals surface area contributed by atoms with Gasteiger partial charge in [0, 0.05) is 23.7 Å². The number of nitrogens with one attached hydrogen (secondary N) is 3. The number of nitrogens with zero attached hydrogens (tertiary/aromatic N) is 2. The molecule has 3 aromatic rings. The Labute approximate surface area is 220 Å². The zero-order chi connectivity index (χ0) is 27.0. The van der Waals surface area contributed by atoms with E-state index in [2.05, 4.69) is 25.6 Å². The molecule has 0 saturated heterocycles. The Balaban J connectivity index is 1.37. The van der Waals surface area contributed by atoms with Gasteiger partial charge in [0.2, 0.25) is 5.91 Å². The van der Waals surface area contributed by atoms with Crippen LogP contribution in [0.3, 0.4) is 0 Å². The number of hydrogen-bond donors (Lipinski definition) is 4. The summed E-state index contributed by atoms with van der Waals surface area (Å²) in [5.41, 5.74) is 4.58. The molecule has 2 amide bonds. The highest BCUT2D eigenvalue weighted by atomic mass is 19.1. The molecule has 3 unspecified atom stereocenters. The molecule has 2 saturated carbocycles. The minimum atomic E-state index is -1.33. The third kappa shape index (κ3) is 5.50. The Morgan fingerprint density at radius 1 is 1.18 bits per heavy atom. The van der Waals surface area contributed by atoms with E-state index in [9.17, 15) is 19.1 Å². The Hall–Kier alpha value is -3.53. The minimum Gasteiger partial charge on any atom is -0.493 e. The van der Waals surface area contributed by atoms with E-state index in [0.717, 1.165) is 16.9 Å². The highest BCUT2D eigenvalue weighted by Gasteiger charge is 2.34. The van der Waals surface area contributed by atoms with Crippen molar-refractivity contribution in [2.75, 3.05) is 6.61 Å². The zero-order valence-corrected chi connectivity index (χ0v) is 21.9. The van der Waals surface area contributed by atoms with Gasteiger partial charge in [-0.25, -0.2) is 14.4 Å². The average molecular weight is 524 g/mol. The Bertz CT molecular complexity index is 1350. The number of H-pyrrole nitrogens is 1. The van der Waals surface area contributed by atoms with E-state index in [1.807, 2.05) is 25.1 Å². The molecule has 2 fully saturated rings. The van der Waals surface area contributed by atoms with Crippen LogP contribution in [-0.2, 0) is 4.79 Å². The third-order valence-corrected chi connectivity index (χ3v) is 7.38. The molecule has 0 radical (unpaired) electrons. The van der Waals surface area contributed by atoms with Crippen LogP contribution in [0.5, 0.6) is 5.75 Å². The molecule has 0 aliphatic heterocycles. The molecular weight excluding hydrogens is 489 g/mol. The maximum atomic E-state index is 15.0. The number of alkyl halides is 1. The van der Waals surface area contributed by atoms with Crippen molar-refractivity contribution in [3.05, 3.63) is 41.3 Å². The van der Waals surface area contributed by atoms with Gasteiger partial charge in [-0.1, -0.05) is 11.6 Å². The smallest absolute Gasteiger partial charge is 0.255 e. The summed E-state index contributed by atoms with van der Waals surface area (Å²) in [4.78, 5) is 37.4. The SMILES string of the molecule is Cc1ccc(OCC2CC2)c(-c2ncnc3c(C(=O)NC4CCC(NC(=O)[C@H](C)O)CC4F)c(C)[nH]c23)c1. The second-order valence-electron chi connectivity index (χ2n) is 10.6. The van der Waals surface area contributed by atoms with Gasteiger partial charge >= 0.3 is 0 Å². The van der Waals surface area contributed by atoms with E-state index in [-0.39, 0.29) is 12.5 Å². The first-order valence-corrected chi connectivity index (χ1v) is 13.2. The summed E-state index contributed by atoms with van der Waals surface area (Å²) in [6, 6.07) is 4.90. The van der Waals surface area contributed by atoms with E-state index in [4.69, 9.17) is 4.74 Å². The van der Waals surface area contributed by atoms with Crippen molar-refractivity contribution in [1.29, 1.82) is 0 Å². The number of ether oxygens (including phenoxy) is 1. The Morgan fingerprint density at radius 2 is 1.97 bits per heavy atom. The van der Waals surface area contributed by atoms with Gasteiger partial charge in [-0.15, -0.1) is 0 Å². The first-order chi connectivity index (χ1) is 18.2. The summed E-state index contributed by atoms with van der Waals surface area (Å²) in [6.07, 6.45) is 2.26. The Kier molecular flexibility index (Phi) is 7.34. The predicted octanol–water partition coefficient (Wildman–Crippen LogP) is 3.52. The van der Waals surface area contributed by atoms with Gasteiger partial charge in [0.1, 0.15) is 35.6 Å². The van der Waals surface area contributed by atoms with Crippen LogP contribution in [0.15, 0.2) is 24.5 Å². The zero-order valence-electron chi connectivity index (χ0n) is 21.9. The second-order valence-corrected chi connectivity index (χ2v) is 10.6. The summed E-state index contributed by atoms with van der Waals surface area (Å²) in [5, 5.41) is 14.9. The number of carbonyl (C=O) groups excluding carboxylic acids is 2. The molecule has 2 aromatic heterocycles. The lowest BCUT2D eigenvalue weighted by atomic mass is 9.89. The van der Waals surface area contributed by atoms with Gasteiger partial charge in [0.05, 0.1) is 23.7 Å². The quantitative estimate of drug-likeness (QED) is 0.358. The minimum absolute atomic E-state index is 0.0690. The fourth-order valence-electron chi connectivity index (χ4n) is 5.02. The first kappa shape index (κ1) is 26.1. The fraction of sp³-hybridized carbons (Fsp3) is 0.500. The van der Waals surface area contributed by atoms with Gasteiger partial charge in [-0.05, 0) is 64.5 Å². The number of aromatic nitrogens is 3. The Morgan fingerprint density at radius 3 is 2.68 bits per heavy atom. The van der Waals surface area contributed by atoms with Crippen molar-refractivity contribution in [3.63, 3.8) is 0 Å². The van der Waals surface area contributed by atoms with Crippen LogP contribution in [-0.4, -0.2) is 62.8 Å². The number of aryl methyl sites for hydroxylation is 2. The van der Waals surface area contributed by atoms with E-state index < -0.39 is 30.1 Å². The predicted molar refractivity (Wildman–Crippen MR) is 141 cm³/mol. The lowest BCUT2D eigenvalue weighted by molar-refractivity contribution is -0.129. The van der Waals surface area contributed by atoms with Gasteiger partial charge in [-0.3, -0.25) is 9.59 Å². The largest absolute Gasteiger partial charge is 0.493 e. The van der Waals surface area contributed by atoms with E-state index >= 15 is 0 Å². The molecule has 5 rings (SSSR count). The fourth-order valence-corrected chi connectivity index (χ4v) is 5.02. The maximum absolute atomic E-state index is 15.0. The number of aromatic amines is 1. The molecule has 2 aliphatic carbocycles. The standard InChI is InChI=1S/C28H34FN5O4/c1-14-4-9-22(38-12-17-5-6-17)19(10-14)24-26-25(31-13-30-24)23(15(2)32-26)28(37)34-21-8-7-18(11-20(21)29)33-27(36)16(3)35/h4,9-10,13,16-18,20-21,32,35H,5-8,11-12H2,1-3H3,(H,33,36)(H,34,37)/t16-,18?,20?,21?/m0/s1. The van der Waals surface area contributed by atoms with Crippen LogP contribution in [0.4, 0.5) is 4.39 Å². The molecule has 38 heavy (non-hydrogen) atoms. The van der Waals surface area contributed by atoms with Crippen LogP contribution < -0.4 is 15.4 Å². The molecule has 10 heteroatoms. The molecule has 2 aliphatic rings. The highest BCUT2D eigenvalue weighted by molar-refractivity contribution is 6.09. The molecule has 4 atom stereocenters. The molecule has 2 heterocycles. The molecule has 202 valence electrons. The van der Waals surface area contributed by atoms with Crippen molar-refractivity contribution in [1.82, 2.24) is 25.6 Å². The van der Waals surface area contributed by atoms with Gasteiger partial charge in [0.25, 0.3) is 5.91 Å². The second kappa shape index (κ2) is 10.7. The van der Waals surface area contributed by atoms with Crippen molar-refractivity contribution in [2.45, 2.75) is 77.2 Å². The van der Waals surface area contributed by atoms with Gasteiger partial charge < -0.3 is 25.5 Å². The molecule has 0 bridgehead atoms. The number of aliphatic hydroxyl groups excluding tert-OH is 1. The molecular formula is C28H34FN5O4. The summed E-state index contributed by atoms with van der Waals surface area (Å²) in [7, 11) is 0. The van der Waals surface area contributed by atoms with Crippen LogP contribution in [0.2, 0.25) is 0 Å². The van der Waals surface area contributed by atoms with Crippen molar-refractivity contribution < 1.29 is 23.8 Å². The lowest BCUT2D eigenvalue weighted by Gasteiger charge is -2.32. The molecule has 4 N–H and O–H groups in total. The maximum Gasteiger partial charge on any atom is 0.255 e. The number of fused-ring (bicyclic) bond motifs is 1. The van der Waals surface area contributed by atoms with E-state index in [0.29, 0.717) is 53.4 Å².